The summed E-state index contributed by atoms with van der Waals surface area (Å²) >= 11 is 0. The van der Waals surface area contributed by atoms with Gasteiger partial charge >= 0.3 is 0 Å². The van der Waals surface area contributed by atoms with Crippen molar-refractivity contribution in [3.05, 3.63) is 42.5 Å². The molecule has 0 saturated carbocycles. The van der Waals surface area contributed by atoms with Gasteiger partial charge in [0.2, 0.25) is 0 Å². The van der Waals surface area contributed by atoms with Crippen LogP contribution in [0.1, 0.15) is 40.5 Å². The van der Waals surface area contributed by atoms with Gasteiger partial charge in [-0.25, -0.2) is 8.42 Å². The average molecular weight is 381 g/mol. The third kappa shape index (κ3) is 4.44. The Hall–Kier alpha value is -0.913. The molecule has 0 amide bonds. The molecule has 0 N–H and O–H groups in total. The van der Waals surface area contributed by atoms with E-state index in [1.54, 1.807) is 24.3 Å². The van der Waals surface area contributed by atoms with E-state index in [1.807, 2.05) is 25.1 Å². The fourth-order valence-corrected chi connectivity index (χ4v) is 6.37. The van der Waals surface area contributed by atoms with E-state index >= 15 is 0 Å². The van der Waals surface area contributed by atoms with E-state index in [-0.39, 0.29) is 17.1 Å². The fraction of sp³-hybridized carbons (Fsp3) is 0.600. The minimum absolute atomic E-state index is 0.0284. The van der Waals surface area contributed by atoms with Gasteiger partial charge in [-0.2, -0.15) is 0 Å². The van der Waals surface area contributed by atoms with Gasteiger partial charge in [0.1, 0.15) is 0 Å². The molecule has 140 valence electrons. The molecule has 0 aliphatic heterocycles. The third-order valence-corrected chi connectivity index (χ3v) is 12.5. The largest absolute Gasteiger partial charge is 0.414 e. The summed E-state index contributed by atoms with van der Waals surface area (Å²) in [7, 11) is -5.36. The Morgan fingerprint density at radius 3 is 2.28 bits per heavy atom. The molecule has 2 rings (SSSR count). The molecule has 0 spiro atoms. The summed E-state index contributed by atoms with van der Waals surface area (Å²) in [5, 5.41) is -0.424. The predicted octanol–water partition coefficient (Wildman–Crippen LogP) is 5.21. The van der Waals surface area contributed by atoms with Crippen molar-refractivity contribution in [2.24, 2.45) is 5.92 Å². The third-order valence-electron chi connectivity index (χ3n) is 5.73. The van der Waals surface area contributed by atoms with Gasteiger partial charge in [-0.15, -0.1) is 0 Å². The summed E-state index contributed by atoms with van der Waals surface area (Å²) in [6.07, 6.45) is 5.60. The molecule has 1 aromatic rings. The lowest BCUT2D eigenvalue weighted by Crippen LogP contribution is -2.47. The molecule has 3 atom stereocenters. The summed E-state index contributed by atoms with van der Waals surface area (Å²) in [4.78, 5) is 0.393. The number of sulfone groups is 1. The quantitative estimate of drug-likeness (QED) is 0.532. The molecule has 5 heteroatoms. The Bertz CT molecular complexity index is 702. The zero-order valence-corrected chi connectivity index (χ0v) is 18.1. The molecule has 0 radical (unpaired) electrons. The molecule has 3 nitrogen and oxygen atoms in total. The van der Waals surface area contributed by atoms with Gasteiger partial charge in [0.15, 0.2) is 18.2 Å². The van der Waals surface area contributed by atoms with Gasteiger partial charge in [0, 0.05) is 12.0 Å². The zero-order chi connectivity index (χ0) is 18.9. The highest BCUT2D eigenvalue weighted by atomic mass is 32.2. The van der Waals surface area contributed by atoms with E-state index in [9.17, 15) is 8.42 Å². The van der Waals surface area contributed by atoms with Crippen LogP contribution in [0, 0.1) is 5.92 Å². The SMILES string of the molecule is C[C@@H]1[C@@H](O[Si](C)(C)C(C)(C)C)CCC=C[C@@H]1S(=O)(=O)c1ccccc1. The van der Waals surface area contributed by atoms with Crippen LogP contribution in [0.3, 0.4) is 0 Å². The van der Waals surface area contributed by atoms with Crippen molar-refractivity contribution < 1.29 is 12.8 Å². The summed E-state index contributed by atoms with van der Waals surface area (Å²) in [6.45, 7) is 13.2. The van der Waals surface area contributed by atoms with Gasteiger partial charge in [-0.1, -0.05) is 58.0 Å². The van der Waals surface area contributed by atoms with Crippen molar-refractivity contribution >= 4 is 18.2 Å². The van der Waals surface area contributed by atoms with Crippen LogP contribution in [0.5, 0.6) is 0 Å². The van der Waals surface area contributed by atoms with Crippen molar-refractivity contribution in [1.82, 2.24) is 0 Å². The second-order valence-corrected chi connectivity index (χ2v) is 15.5. The van der Waals surface area contributed by atoms with Gasteiger partial charge < -0.3 is 4.43 Å². The summed E-state index contributed by atoms with van der Waals surface area (Å²) < 4.78 is 33.0. The van der Waals surface area contributed by atoms with Crippen molar-refractivity contribution in [3.63, 3.8) is 0 Å². The van der Waals surface area contributed by atoms with Crippen molar-refractivity contribution in [2.45, 2.75) is 74.9 Å². The highest BCUT2D eigenvalue weighted by Crippen LogP contribution is 2.40. The van der Waals surface area contributed by atoms with Gasteiger partial charge in [-0.05, 0) is 43.1 Å². The summed E-state index contributed by atoms with van der Waals surface area (Å²) in [6, 6.07) is 8.77. The molecule has 25 heavy (non-hydrogen) atoms. The first kappa shape index (κ1) is 20.4. The molecule has 0 unspecified atom stereocenters. The Morgan fingerprint density at radius 1 is 1.12 bits per heavy atom. The van der Waals surface area contributed by atoms with Crippen molar-refractivity contribution in [1.29, 1.82) is 0 Å². The minimum Gasteiger partial charge on any atom is -0.414 e. The standard InChI is InChI=1S/C20H32O3SSi/c1-16-18(23-25(5,6)20(2,3)4)14-10-11-15-19(16)24(21,22)17-12-8-7-9-13-17/h7-9,11-13,15-16,18-19H,10,14H2,1-6H3/t16-,18+,19+/m1/s1. The molecule has 0 saturated heterocycles. The average Bonchev–Trinajstić information content (AvgIpc) is 2.69. The van der Waals surface area contributed by atoms with Crippen LogP contribution in [0.2, 0.25) is 18.1 Å². The van der Waals surface area contributed by atoms with Crippen molar-refractivity contribution in [2.75, 3.05) is 0 Å². The first-order valence-electron chi connectivity index (χ1n) is 9.10. The number of benzene rings is 1. The van der Waals surface area contributed by atoms with Crippen LogP contribution in [0.4, 0.5) is 0 Å². The fourth-order valence-electron chi connectivity index (χ4n) is 3.02. The summed E-state index contributed by atoms with van der Waals surface area (Å²) in [5.74, 6) is -0.0712. The number of allylic oxidation sites excluding steroid dienone is 1. The van der Waals surface area contributed by atoms with E-state index < -0.39 is 23.4 Å². The maximum Gasteiger partial charge on any atom is 0.192 e. The molecule has 1 aromatic carbocycles. The van der Waals surface area contributed by atoms with E-state index in [0.29, 0.717) is 4.90 Å². The molecular formula is C20H32O3SSi. The van der Waals surface area contributed by atoms with Crippen LogP contribution in [0.15, 0.2) is 47.4 Å². The Kier molecular flexibility index (Phi) is 6.02. The van der Waals surface area contributed by atoms with Gasteiger partial charge in [-0.3, -0.25) is 0 Å². The Morgan fingerprint density at radius 2 is 1.72 bits per heavy atom. The molecular weight excluding hydrogens is 348 g/mol. The number of rotatable bonds is 4. The van der Waals surface area contributed by atoms with Crippen LogP contribution in [0.25, 0.3) is 0 Å². The second kappa shape index (κ2) is 7.37. The minimum atomic E-state index is -3.41. The van der Waals surface area contributed by atoms with E-state index in [2.05, 4.69) is 33.9 Å². The lowest BCUT2D eigenvalue weighted by molar-refractivity contribution is 0.122. The zero-order valence-electron chi connectivity index (χ0n) is 16.3. The van der Waals surface area contributed by atoms with Crippen molar-refractivity contribution in [3.8, 4) is 0 Å². The Labute approximate surface area is 154 Å². The Balaban J connectivity index is 2.31. The maximum atomic E-state index is 13.2. The van der Waals surface area contributed by atoms with E-state index in [0.717, 1.165) is 12.8 Å². The van der Waals surface area contributed by atoms with E-state index in [1.165, 1.54) is 0 Å². The molecule has 0 aromatic heterocycles. The normalized spacial score (nSPS) is 25.6. The molecule has 0 bridgehead atoms. The first-order chi connectivity index (χ1) is 11.5. The second-order valence-electron chi connectivity index (χ2n) is 8.60. The molecule has 1 aliphatic carbocycles. The molecule has 0 heterocycles. The van der Waals surface area contributed by atoms with Crippen LogP contribution in [-0.4, -0.2) is 28.1 Å². The monoisotopic (exact) mass is 380 g/mol. The van der Waals surface area contributed by atoms with Crippen LogP contribution < -0.4 is 0 Å². The van der Waals surface area contributed by atoms with E-state index in [4.69, 9.17) is 4.43 Å². The molecule has 1 aliphatic rings. The summed E-state index contributed by atoms with van der Waals surface area (Å²) in [5.41, 5.74) is 0. The highest BCUT2D eigenvalue weighted by Gasteiger charge is 2.43. The first-order valence-corrected chi connectivity index (χ1v) is 13.6. The highest BCUT2D eigenvalue weighted by molar-refractivity contribution is 7.92. The van der Waals surface area contributed by atoms with Gasteiger partial charge in [0.25, 0.3) is 0 Å². The van der Waals surface area contributed by atoms with Gasteiger partial charge in [0.05, 0.1) is 10.1 Å². The lowest BCUT2D eigenvalue weighted by Gasteiger charge is -2.41. The number of hydrogen-bond donors (Lipinski definition) is 0. The molecule has 0 fully saturated rings. The topological polar surface area (TPSA) is 43.4 Å². The maximum absolute atomic E-state index is 13.2. The van der Waals surface area contributed by atoms with Crippen LogP contribution >= 0.6 is 0 Å². The number of hydrogen-bond acceptors (Lipinski definition) is 3. The lowest BCUT2D eigenvalue weighted by atomic mass is 10.00. The smallest absolute Gasteiger partial charge is 0.192 e. The predicted molar refractivity (Wildman–Crippen MR) is 107 cm³/mol. The van der Waals surface area contributed by atoms with Crippen LogP contribution in [-0.2, 0) is 14.3 Å².